The number of nitrogens with zero attached hydrogens (tertiary/aromatic N) is 1. The Morgan fingerprint density at radius 2 is 2.35 bits per heavy atom. The van der Waals surface area contributed by atoms with Crippen LogP contribution >= 0.6 is 0 Å². The largest absolute Gasteiger partial charge is 0.490 e. The fourth-order valence-electron chi connectivity index (χ4n) is 2.08. The number of aryl methyl sites for hydroxylation is 1. The molecule has 0 bridgehead atoms. The number of amides is 1. The summed E-state index contributed by atoms with van der Waals surface area (Å²) in [6.07, 6.45) is 0.712. The fourth-order valence-corrected chi connectivity index (χ4v) is 2.08. The average molecular weight is 230 g/mol. The second-order valence-electron chi connectivity index (χ2n) is 4.27. The molecule has 88 valence electrons. The quantitative estimate of drug-likeness (QED) is 0.791. The molecule has 17 heavy (non-hydrogen) atoms. The number of ether oxygens (including phenoxy) is 1. The summed E-state index contributed by atoms with van der Waals surface area (Å²) in [7, 11) is 0. The molecule has 1 aromatic carbocycles. The zero-order valence-electron chi connectivity index (χ0n) is 9.91. The predicted octanol–water partition coefficient (Wildman–Crippen LogP) is 1.31. The van der Waals surface area contributed by atoms with Gasteiger partial charge in [0, 0.05) is 6.92 Å². The molecular formula is C13H14N2O2. The Morgan fingerprint density at radius 3 is 3.00 bits per heavy atom. The highest BCUT2D eigenvalue weighted by Gasteiger charge is 2.23. The maximum absolute atomic E-state index is 11.0. The number of carbonyl (C=O) groups is 1. The number of hydrogen-bond donors (Lipinski definition) is 1. The first-order chi connectivity index (χ1) is 8.11. The summed E-state index contributed by atoms with van der Waals surface area (Å²) < 4.78 is 5.60. The second-order valence-corrected chi connectivity index (χ2v) is 4.27. The molecule has 1 unspecified atom stereocenters. The summed E-state index contributed by atoms with van der Waals surface area (Å²) in [4.78, 5) is 11.0. The van der Waals surface area contributed by atoms with Crippen molar-refractivity contribution in [1.82, 2.24) is 5.32 Å². The highest BCUT2D eigenvalue weighted by Crippen LogP contribution is 2.30. The first-order valence-corrected chi connectivity index (χ1v) is 5.54. The Balaban J connectivity index is 2.29. The molecule has 1 aliphatic rings. The van der Waals surface area contributed by atoms with Gasteiger partial charge >= 0.3 is 0 Å². The molecule has 1 atom stereocenters. The zero-order chi connectivity index (χ0) is 12.4. The molecule has 0 saturated carbocycles. The third kappa shape index (κ3) is 2.23. The van der Waals surface area contributed by atoms with Crippen molar-refractivity contribution in [1.29, 1.82) is 5.26 Å². The third-order valence-corrected chi connectivity index (χ3v) is 2.86. The first-order valence-electron chi connectivity index (χ1n) is 5.54. The lowest BCUT2D eigenvalue weighted by molar-refractivity contribution is -0.119. The van der Waals surface area contributed by atoms with Gasteiger partial charge in [0.2, 0.25) is 5.91 Å². The Kier molecular flexibility index (Phi) is 3.01. The number of nitriles is 1. The van der Waals surface area contributed by atoms with E-state index in [1.807, 2.05) is 19.1 Å². The summed E-state index contributed by atoms with van der Waals surface area (Å²) in [5.41, 5.74) is 2.50. The molecule has 0 aromatic heterocycles. The van der Waals surface area contributed by atoms with E-state index in [1.165, 1.54) is 6.92 Å². The topological polar surface area (TPSA) is 62.1 Å². The van der Waals surface area contributed by atoms with Gasteiger partial charge in [-0.2, -0.15) is 5.26 Å². The molecule has 1 amide bonds. The lowest BCUT2D eigenvalue weighted by atomic mass is 9.97. The van der Waals surface area contributed by atoms with Crippen molar-refractivity contribution in [3.63, 3.8) is 0 Å². The Hall–Kier alpha value is -2.02. The highest BCUT2D eigenvalue weighted by molar-refractivity contribution is 5.73. The van der Waals surface area contributed by atoms with Gasteiger partial charge in [-0.15, -0.1) is 0 Å². The number of rotatable bonds is 1. The van der Waals surface area contributed by atoms with Gasteiger partial charge in [0.15, 0.2) is 0 Å². The van der Waals surface area contributed by atoms with Crippen LogP contribution in [0.3, 0.4) is 0 Å². The molecule has 4 nitrogen and oxygen atoms in total. The van der Waals surface area contributed by atoms with E-state index in [0.29, 0.717) is 24.3 Å². The van der Waals surface area contributed by atoms with Crippen LogP contribution in [0.1, 0.15) is 23.6 Å². The highest BCUT2D eigenvalue weighted by atomic mass is 16.5. The van der Waals surface area contributed by atoms with Crippen molar-refractivity contribution >= 4 is 5.91 Å². The fraction of sp³-hybridized carbons (Fsp3) is 0.385. The van der Waals surface area contributed by atoms with Crippen LogP contribution in [0, 0.1) is 18.3 Å². The van der Waals surface area contributed by atoms with E-state index in [0.717, 1.165) is 11.1 Å². The predicted molar refractivity (Wildman–Crippen MR) is 62.7 cm³/mol. The molecular weight excluding hydrogens is 216 g/mol. The molecule has 1 aliphatic heterocycles. The van der Waals surface area contributed by atoms with E-state index < -0.39 is 0 Å². The number of benzene rings is 1. The van der Waals surface area contributed by atoms with E-state index >= 15 is 0 Å². The lowest BCUT2D eigenvalue weighted by Gasteiger charge is -2.26. The summed E-state index contributed by atoms with van der Waals surface area (Å²) >= 11 is 0. The number of hydrogen-bond acceptors (Lipinski definition) is 3. The molecule has 4 heteroatoms. The summed E-state index contributed by atoms with van der Waals surface area (Å²) in [5, 5.41) is 11.9. The van der Waals surface area contributed by atoms with Gasteiger partial charge in [-0.1, -0.05) is 12.1 Å². The molecule has 0 saturated heterocycles. The van der Waals surface area contributed by atoms with E-state index in [-0.39, 0.29) is 11.9 Å². The van der Waals surface area contributed by atoms with Gasteiger partial charge in [0.1, 0.15) is 18.4 Å². The van der Waals surface area contributed by atoms with Crippen molar-refractivity contribution < 1.29 is 9.53 Å². The SMILES string of the molecule is CC(=O)NC1COc2c(ccc(C)c2C#N)C1. The first kappa shape index (κ1) is 11.5. The van der Waals surface area contributed by atoms with Gasteiger partial charge < -0.3 is 10.1 Å². The zero-order valence-corrected chi connectivity index (χ0v) is 9.91. The minimum atomic E-state index is -0.0605. The molecule has 0 spiro atoms. The van der Waals surface area contributed by atoms with Crippen molar-refractivity contribution in [3.05, 3.63) is 28.8 Å². The summed E-state index contributed by atoms with van der Waals surface area (Å²) in [6.45, 7) is 3.80. The van der Waals surface area contributed by atoms with Crippen LogP contribution in [0.5, 0.6) is 5.75 Å². The number of fused-ring (bicyclic) bond motifs is 1. The maximum atomic E-state index is 11.0. The van der Waals surface area contributed by atoms with Crippen LogP contribution in [0.15, 0.2) is 12.1 Å². The van der Waals surface area contributed by atoms with Gasteiger partial charge in [-0.3, -0.25) is 4.79 Å². The van der Waals surface area contributed by atoms with Crippen molar-refractivity contribution in [3.8, 4) is 11.8 Å². The minimum Gasteiger partial charge on any atom is -0.490 e. The minimum absolute atomic E-state index is 0.00533. The molecule has 1 heterocycles. The number of nitrogens with one attached hydrogen (secondary N) is 1. The summed E-state index contributed by atoms with van der Waals surface area (Å²) in [6, 6.07) is 6.03. The van der Waals surface area contributed by atoms with Crippen LogP contribution in [0.25, 0.3) is 0 Å². The van der Waals surface area contributed by atoms with Crippen LogP contribution in [-0.4, -0.2) is 18.6 Å². The van der Waals surface area contributed by atoms with Gasteiger partial charge in [0.25, 0.3) is 0 Å². The molecule has 0 radical (unpaired) electrons. The molecule has 2 rings (SSSR count). The molecule has 1 aromatic rings. The van der Waals surface area contributed by atoms with E-state index in [1.54, 1.807) is 0 Å². The van der Waals surface area contributed by atoms with Crippen molar-refractivity contribution in [2.75, 3.05) is 6.61 Å². The third-order valence-electron chi connectivity index (χ3n) is 2.86. The van der Waals surface area contributed by atoms with Crippen molar-refractivity contribution in [2.45, 2.75) is 26.3 Å². The standard InChI is InChI=1S/C13H14N2O2/c1-8-3-4-10-5-11(15-9(2)16)7-17-13(10)12(8)6-14/h3-4,11H,5,7H2,1-2H3,(H,15,16). The molecule has 0 aliphatic carbocycles. The lowest BCUT2D eigenvalue weighted by Crippen LogP contribution is -2.41. The van der Waals surface area contributed by atoms with Crippen LogP contribution in [-0.2, 0) is 11.2 Å². The molecule has 0 fully saturated rings. The Bertz CT molecular complexity index is 503. The van der Waals surface area contributed by atoms with Crippen molar-refractivity contribution in [2.24, 2.45) is 0 Å². The van der Waals surface area contributed by atoms with Gasteiger partial charge in [0.05, 0.1) is 11.6 Å². The average Bonchev–Trinajstić information content (AvgIpc) is 2.28. The van der Waals surface area contributed by atoms with Crippen LogP contribution in [0.4, 0.5) is 0 Å². The van der Waals surface area contributed by atoms with Crippen LogP contribution < -0.4 is 10.1 Å². The number of carbonyl (C=O) groups excluding carboxylic acids is 1. The maximum Gasteiger partial charge on any atom is 0.217 e. The van der Waals surface area contributed by atoms with E-state index in [9.17, 15) is 4.79 Å². The van der Waals surface area contributed by atoms with Gasteiger partial charge in [-0.25, -0.2) is 0 Å². The second kappa shape index (κ2) is 4.46. The van der Waals surface area contributed by atoms with Gasteiger partial charge in [-0.05, 0) is 24.5 Å². The Morgan fingerprint density at radius 1 is 1.59 bits per heavy atom. The van der Waals surface area contributed by atoms with E-state index in [2.05, 4.69) is 11.4 Å². The molecule has 1 N–H and O–H groups in total. The smallest absolute Gasteiger partial charge is 0.217 e. The normalized spacial score (nSPS) is 17.6. The summed E-state index contributed by atoms with van der Waals surface area (Å²) in [5.74, 6) is 0.615. The monoisotopic (exact) mass is 230 g/mol. The van der Waals surface area contributed by atoms with E-state index in [4.69, 9.17) is 10.00 Å². The van der Waals surface area contributed by atoms with Crippen LogP contribution in [0.2, 0.25) is 0 Å². The Labute approximate surface area is 100 Å².